The zero-order valence-corrected chi connectivity index (χ0v) is 14.5. The Kier molecular flexibility index (Phi) is 7.04. The molecule has 140 valence electrons. The maximum absolute atomic E-state index is 12.8. The van der Waals surface area contributed by atoms with E-state index in [4.69, 9.17) is 21.1 Å². The fourth-order valence-corrected chi connectivity index (χ4v) is 2.92. The van der Waals surface area contributed by atoms with Gasteiger partial charge in [-0.25, -0.2) is 4.98 Å². The van der Waals surface area contributed by atoms with Gasteiger partial charge in [0.05, 0.1) is 19.3 Å². The molecule has 0 radical (unpaired) electrons. The minimum absolute atomic E-state index is 0.101. The van der Waals surface area contributed by atoms with E-state index in [9.17, 15) is 18.0 Å². The zero-order valence-electron chi connectivity index (χ0n) is 13.7. The normalized spacial score (nSPS) is 21.2. The average Bonchev–Trinajstić information content (AvgIpc) is 2.55. The lowest BCUT2D eigenvalue weighted by Crippen LogP contribution is -2.39. The summed E-state index contributed by atoms with van der Waals surface area (Å²) in [6, 6.07) is 1.74. The van der Waals surface area contributed by atoms with E-state index in [1.54, 1.807) is 7.11 Å². The zero-order chi connectivity index (χ0) is 18.4. The lowest BCUT2D eigenvalue weighted by Gasteiger charge is -2.29. The highest BCUT2D eigenvalue weighted by atomic mass is 35.5. The van der Waals surface area contributed by atoms with Crippen LogP contribution in [-0.4, -0.2) is 43.4 Å². The maximum Gasteiger partial charge on any atom is 0.433 e. The van der Waals surface area contributed by atoms with Crippen LogP contribution in [0.15, 0.2) is 12.1 Å². The molecular weight excluding hydrogens is 361 g/mol. The minimum atomic E-state index is -4.66. The summed E-state index contributed by atoms with van der Waals surface area (Å²) in [4.78, 5) is 15.4. The molecule has 2 rings (SSSR count). The number of hydrogen-bond acceptors (Lipinski definition) is 4. The van der Waals surface area contributed by atoms with Gasteiger partial charge in [0.25, 0.3) is 5.91 Å². The molecule has 1 heterocycles. The van der Waals surface area contributed by atoms with Crippen LogP contribution in [0.3, 0.4) is 0 Å². The molecule has 1 aromatic rings. The van der Waals surface area contributed by atoms with Crippen LogP contribution in [0.5, 0.6) is 0 Å². The van der Waals surface area contributed by atoms with Crippen molar-refractivity contribution in [2.45, 2.75) is 44.0 Å². The predicted molar refractivity (Wildman–Crippen MR) is 85.6 cm³/mol. The van der Waals surface area contributed by atoms with E-state index in [1.165, 1.54) is 0 Å². The molecule has 9 heteroatoms. The Labute approximate surface area is 148 Å². The van der Waals surface area contributed by atoms with E-state index >= 15 is 0 Å². The van der Waals surface area contributed by atoms with Gasteiger partial charge < -0.3 is 14.8 Å². The number of aromatic nitrogens is 1. The van der Waals surface area contributed by atoms with Gasteiger partial charge in [0.2, 0.25) is 0 Å². The summed E-state index contributed by atoms with van der Waals surface area (Å²) in [6.07, 6.45) is -1.57. The van der Waals surface area contributed by atoms with E-state index < -0.39 is 17.8 Å². The summed E-state index contributed by atoms with van der Waals surface area (Å²) < 4.78 is 48.9. The van der Waals surface area contributed by atoms with Crippen LogP contribution in [0.2, 0.25) is 5.15 Å². The van der Waals surface area contributed by atoms with Gasteiger partial charge in [0.15, 0.2) is 0 Å². The van der Waals surface area contributed by atoms with Crippen molar-refractivity contribution in [2.24, 2.45) is 0 Å². The SMILES string of the molecule is COCCO[C@H]1CC[C@H](NC(=O)c2cc(Cl)nc(C(F)(F)F)c2)CC1. The molecule has 0 saturated heterocycles. The van der Waals surface area contributed by atoms with Crippen molar-refractivity contribution in [2.75, 3.05) is 20.3 Å². The van der Waals surface area contributed by atoms with Crippen molar-refractivity contribution < 1.29 is 27.4 Å². The van der Waals surface area contributed by atoms with Crippen LogP contribution in [0.25, 0.3) is 0 Å². The van der Waals surface area contributed by atoms with Gasteiger partial charge in [0.1, 0.15) is 10.8 Å². The quantitative estimate of drug-likeness (QED) is 0.606. The molecule has 1 aliphatic rings. The fraction of sp³-hybridized carbons (Fsp3) is 0.625. The maximum atomic E-state index is 12.8. The Morgan fingerprint density at radius 1 is 1.28 bits per heavy atom. The number of carbonyl (C=O) groups excluding carboxylic acids is 1. The van der Waals surface area contributed by atoms with Crippen LogP contribution >= 0.6 is 11.6 Å². The molecule has 25 heavy (non-hydrogen) atoms. The van der Waals surface area contributed by atoms with Gasteiger partial charge in [-0.2, -0.15) is 13.2 Å². The average molecular weight is 381 g/mol. The standard InChI is InChI=1S/C16H20ClF3N2O3/c1-24-6-7-25-12-4-2-11(3-5-12)21-15(23)10-8-13(16(18,19)20)22-14(17)9-10/h8-9,11-12H,2-7H2,1H3,(H,21,23)/t11-,12-. The highest BCUT2D eigenvalue weighted by Crippen LogP contribution is 2.29. The first-order valence-corrected chi connectivity index (χ1v) is 8.33. The number of rotatable bonds is 6. The topological polar surface area (TPSA) is 60.5 Å². The summed E-state index contributed by atoms with van der Waals surface area (Å²) in [7, 11) is 1.60. The van der Waals surface area contributed by atoms with Crippen molar-refractivity contribution in [3.8, 4) is 0 Å². The number of alkyl halides is 3. The van der Waals surface area contributed by atoms with Crippen LogP contribution in [0.1, 0.15) is 41.7 Å². The smallest absolute Gasteiger partial charge is 0.382 e. The van der Waals surface area contributed by atoms with Crippen LogP contribution in [0, 0.1) is 0 Å². The van der Waals surface area contributed by atoms with Gasteiger partial charge >= 0.3 is 6.18 Å². The van der Waals surface area contributed by atoms with Gasteiger partial charge in [-0.15, -0.1) is 0 Å². The monoisotopic (exact) mass is 380 g/mol. The second-order valence-electron chi connectivity index (χ2n) is 5.87. The molecule has 1 fully saturated rings. The van der Waals surface area contributed by atoms with Crippen molar-refractivity contribution in [1.29, 1.82) is 0 Å². The molecule has 0 aliphatic heterocycles. The Morgan fingerprint density at radius 3 is 2.56 bits per heavy atom. The van der Waals surface area contributed by atoms with Crippen molar-refractivity contribution in [3.63, 3.8) is 0 Å². The second kappa shape index (κ2) is 8.82. The Balaban J connectivity index is 1.90. The minimum Gasteiger partial charge on any atom is -0.382 e. The Hall–Kier alpha value is -1.38. The number of nitrogens with one attached hydrogen (secondary N) is 1. The summed E-state index contributed by atoms with van der Waals surface area (Å²) in [5, 5.41) is 2.39. The van der Waals surface area contributed by atoms with Gasteiger partial charge in [-0.3, -0.25) is 4.79 Å². The summed E-state index contributed by atoms with van der Waals surface area (Å²) >= 11 is 5.60. The molecule has 0 unspecified atom stereocenters. The predicted octanol–water partition coefficient (Wildman–Crippen LogP) is 3.46. The van der Waals surface area contributed by atoms with Gasteiger partial charge in [-0.05, 0) is 37.8 Å². The Morgan fingerprint density at radius 2 is 1.96 bits per heavy atom. The van der Waals surface area contributed by atoms with E-state index in [2.05, 4.69) is 10.3 Å². The molecular formula is C16H20ClF3N2O3. The molecule has 1 aliphatic carbocycles. The van der Waals surface area contributed by atoms with Gasteiger partial charge in [-0.1, -0.05) is 11.6 Å². The molecule has 1 aromatic heterocycles. The largest absolute Gasteiger partial charge is 0.433 e. The number of ether oxygens (including phenoxy) is 2. The summed E-state index contributed by atoms with van der Waals surface area (Å²) in [5.41, 5.74) is -1.33. The second-order valence-corrected chi connectivity index (χ2v) is 6.26. The third-order valence-corrected chi connectivity index (χ3v) is 4.19. The number of methoxy groups -OCH3 is 1. The molecule has 0 aromatic carbocycles. The lowest BCUT2D eigenvalue weighted by molar-refractivity contribution is -0.141. The molecule has 0 atom stereocenters. The van der Waals surface area contributed by atoms with E-state index in [0.29, 0.717) is 32.1 Å². The molecule has 1 N–H and O–H groups in total. The molecule has 1 saturated carbocycles. The van der Waals surface area contributed by atoms with E-state index in [-0.39, 0.29) is 22.9 Å². The Bertz CT molecular complexity index is 590. The number of halogens is 4. The molecule has 0 bridgehead atoms. The number of carbonyl (C=O) groups is 1. The van der Waals surface area contributed by atoms with Crippen LogP contribution in [0.4, 0.5) is 13.2 Å². The van der Waals surface area contributed by atoms with Crippen LogP contribution in [-0.2, 0) is 15.7 Å². The third kappa shape index (κ3) is 6.13. The highest BCUT2D eigenvalue weighted by molar-refractivity contribution is 6.29. The van der Waals surface area contributed by atoms with E-state index in [0.717, 1.165) is 18.9 Å². The fourth-order valence-electron chi connectivity index (χ4n) is 2.71. The molecule has 0 spiro atoms. The highest BCUT2D eigenvalue weighted by Gasteiger charge is 2.34. The van der Waals surface area contributed by atoms with Crippen molar-refractivity contribution in [3.05, 3.63) is 28.5 Å². The first-order chi connectivity index (χ1) is 11.8. The van der Waals surface area contributed by atoms with E-state index in [1.807, 2.05) is 0 Å². The van der Waals surface area contributed by atoms with Crippen molar-refractivity contribution >= 4 is 17.5 Å². The lowest BCUT2D eigenvalue weighted by atomic mass is 9.92. The summed E-state index contributed by atoms with van der Waals surface area (Å²) in [5.74, 6) is -0.585. The molecule has 5 nitrogen and oxygen atoms in total. The van der Waals surface area contributed by atoms with Crippen LogP contribution < -0.4 is 5.32 Å². The number of hydrogen-bond donors (Lipinski definition) is 1. The van der Waals surface area contributed by atoms with Gasteiger partial charge in [0, 0.05) is 18.7 Å². The van der Waals surface area contributed by atoms with Crippen molar-refractivity contribution in [1.82, 2.24) is 10.3 Å². The third-order valence-electron chi connectivity index (χ3n) is 4.00. The summed E-state index contributed by atoms with van der Waals surface area (Å²) in [6.45, 7) is 1.05. The first kappa shape index (κ1) is 19.9. The molecule has 1 amide bonds. The number of amides is 1. The first-order valence-electron chi connectivity index (χ1n) is 7.95. The number of nitrogens with zero attached hydrogens (tertiary/aromatic N) is 1. The number of pyridine rings is 1.